The number of carbonyl (C=O) groups excluding carboxylic acids is 1. The third-order valence-corrected chi connectivity index (χ3v) is 4.40. The number of hydrogen-bond donors (Lipinski definition) is 1. The van der Waals surface area contributed by atoms with Crippen molar-refractivity contribution in [1.82, 2.24) is 10.2 Å². The van der Waals surface area contributed by atoms with Crippen LogP contribution >= 0.6 is 0 Å². The summed E-state index contributed by atoms with van der Waals surface area (Å²) in [6.07, 6.45) is 2.87. The number of ether oxygens (including phenoxy) is 1. The molecule has 0 aromatic heterocycles. The maximum absolute atomic E-state index is 12.4. The predicted octanol–water partition coefficient (Wildman–Crippen LogP) is 1.97. The third kappa shape index (κ3) is 2.66. The molecule has 0 aliphatic carbocycles. The van der Waals surface area contributed by atoms with E-state index in [-0.39, 0.29) is 6.04 Å². The number of nitrogens with zero attached hydrogens (tertiary/aromatic N) is 1. The van der Waals surface area contributed by atoms with Gasteiger partial charge >= 0.3 is 0 Å². The Labute approximate surface area is 120 Å². The molecular weight excluding hydrogens is 252 g/mol. The highest BCUT2D eigenvalue weighted by atomic mass is 16.5. The largest absolute Gasteiger partial charge is 0.497 e. The lowest BCUT2D eigenvalue weighted by Gasteiger charge is -2.31. The Bertz CT molecular complexity index is 468. The molecule has 1 N–H and O–H groups in total. The molecule has 2 saturated heterocycles. The van der Waals surface area contributed by atoms with Crippen LogP contribution in [-0.4, -0.2) is 37.6 Å². The molecule has 0 bridgehead atoms. The summed E-state index contributed by atoms with van der Waals surface area (Å²) in [5, 5.41) is 3.23. The smallest absolute Gasteiger partial charge is 0.223 e. The molecular formula is C16H22N2O2. The normalized spacial score (nSPS) is 22.6. The Morgan fingerprint density at radius 3 is 2.70 bits per heavy atom. The van der Waals surface area contributed by atoms with Gasteiger partial charge in [-0.3, -0.25) is 4.79 Å². The van der Waals surface area contributed by atoms with Crippen molar-refractivity contribution in [3.05, 3.63) is 29.8 Å². The van der Waals surface area contributed by atoms with Gasteiger partial charge in [0.1, 0.15) is 5.75 Å². The lowest BCUT2D eigenvalue weighted by Crippen LogP contribution is -2.45. The number of benzene rings is 1. The first-order valence-electron chi connectivity index (χ1n) is 7.42. The van der Waals surface area contributed by atoms with Crippen molar-refractivity contribution in [2.45, 2.75) is 25.3 Å². The summed E-state index contributed by atoms with van der Waals surface area (Å²) in [4.78, 5) is 14.5. The molecule has 0 radical (unpaired) electrons. The van der Waals surface area contributed by atoms with Gasteiger partial charge in [0, 0.05) is 13.0 Å². The summed E-state index contributed by atoms with van der Waals surface area (Å²) in [6.45, 7) is 2.88. The number of methoxy groups -OCH3 is 1. The first-order valence-corrected chi connectivity index (χ1v) is 7.42. The van der Waals surface area contributed by atoms with E-state index in [2.05, 4.69) is 22.3 Å². The second-order valence-electron chi connectivity index (χ2n) is 5.75. The molecule has 108 valence electrons. The molecule has 20 heavy (non-hydrogen) atoms. The summed E-state index contributed by atoms with van der Waals surface area (Å²) in [5.41, 5.74) is 1.23. The monoisotopic (exact) mass is 274 g/mol. The van der Waals surface area contributed by atoms with E-state index >= 15 is 0 Å². The average molecular weight is 274 g/mol. The molecule has 0 spiro atoms. The fourth-order valence-corrected chi connectivity index (χ4v) is 3.09. The lowest BCUT2D eigenvalue weighted by atomic mass is 9.98. The van der Waals surface area contributed by atoms with Crippen LogP contribution in [0.25, 0.3) is 0 Å². The van der Waals surface area contributed by atoms with E-state index in [9.17, 15) is 4.79 Å². The van der Waals surface area contributed by atoms with Gasteiger partial charge in [-0.25, -0.2) is 0 Å². The van der Waals surface area contributed by atoms with Crippen molar-refractivity contribution in [3.8, 4) is 5.75 Å². The number of hydrogen-bond acceptors (Lipinski definition) is 3. The molecule has 1 aromatic carbocycles. The Morgan fingerprint density at radius 1 is 1.35 bits per heavy atom. The maximum atomic E-state index is 12.4. The van der Waals surface area contributed by atoms with E-state index in [4.69, 9.17) is 4.74 Å². The Kier molecular flexibility index (Phi) is 3.92. The number of likely N-dealkylation sites (tertiary alicyclic amines) is 1. The van der Waals surface area contributed by atoms with Gasteiger partial charge in [-0.1, -0.05) is 12.1 Å². The quantitative estimate of drug-likeness (QED) is 0.912. The number of amides is 1. The predicted molar refractivity (Wildman–Crippen MR) is 77.7 cm³/mol. The van der Waals surface area contributed by atoms with Gasteiger partial charge < -0.3 is 15.0 Å². The second kappa shape index (κ2) is 5.83. The molecule has 1 atom stereocenters. The molecule has 1 amide bonds. The minimum atomic E-state index is 0.251. The molecule has 2 aliphatic heterocycles. The first-order chi connectivity index (χ1) is 9.78. The SMILES string of the molecule is COc1ccc(C2CCCN2C(=O)CC2CNC2)cc1. The molecule has 4 heteroatoms. The van der Waals surface area contributed by atoms with Crippen LogP contribution in [0.3, 0.4) is 0 Å². The van der Waals surface area contributed by atoms with E-state index in [1.807, 2.05) is 12.1 Å². The topological polar surface area (TPSA) is 41.6 Å². The van der Waals surface area contributed by atoms with Crippen molar-refractivity contribution in [2.24, 2.45) is 5.92 Å². The van der Waals surface area contributed by atoms with E-state index in [1.165, 1.54) is 5.56 Å². The molecule has 2 aliphatic rings. The first kappa shape index (κ1) is 13.4. The van der Waals surface area contributed by atoms with E-state index < -0.39 is 0 Å². The van der Waals surface area contributed by atoms with Gasteiger partial charge in [-0.05, 0) is 49.5 Å². The van der Waals surface area contributed by atoms with Gasteiger partial charge in [-0.15, -0.1) is 0 Å². The molecule has 3 rings (SSSR count). The minimum absolute atomic E-state index is 0.251. The van der Waals surface area contributed by atoms with Crippen LogP contribution in [0.15, 0.2) is 24.3 Å². The summed E-state index contributed by atoms with van der Waals surface area (Å²) in [6, 6.07) is 8.37. The standard InChI is InChI=1S/C16H22N2O2/c1-20-14-6-4-13(5-7-14)15-3-2-8-18(15)16(19)9-12-10-17-11-12/h4-7,12,15,17H,2-3,8-11H2,1H3. The Hall–Kier alpha value is -1.55. The lowest BCUT2D eigenvalue weighted by molar-refractivity contribution is -0.133. The Balaban J connectivity index is 1.68. The van der Waals surface area contributed by atoms with Gasteiger partial charge in [0.05, 0.1) is 13.2 Å². The van der Waals surface area contributed by atoms with Gasteiger partial charge in [0.2, 0.25) is 5.91 Å². The molecule has 0 saturated carbocycles. The van der Waals surface area contributed by atoms with Crippen molar-refractivity contribution in [3.63, 3.8) is 0 Å². The van der Waals surface area contributed by atoms with Crippen LogP contribution in [0.1, 0.15) is 30.9 Å². The summed E-state index contributed by atoms with van der Waals surface area (Å²) in [5.74, 6) is 1.72. The fraction of sp³-hybridized carbons (Fsp3) is 0.562. The van der Waals surface area contributed by atoms with Crippen molar-refractivity contribution in [1.29, 1.82) is 0 Å². The highest BCUT2D eigenvalue weighted by Gasteiger charge is 2.32. The van der Waals surface area contributed by atoms with Crippen LogP contribution in [0.2, 0.25) is 0 Å². The summed E-state index contributed by atoms with van der Waals surface area (Å²) >= 11 is 0. The molecule has 1 unspecified atom stereocenters. The zero-order valence-corrected chi connectivity index (χ0v) is 12.0. The van der Waals surface area contributed by atoms with E-state index in [0.29, 0.717) is 18.2 Å². The summed E-state index contributed by atoms with van der Waals surface area (Å²) < 4.78 is 5.19. The number of carbonyl (C=O) groups is 1. The zero-order valence-electron chi connectivity index (χ0n) is 12.0. The average Bonchev–Trinajstić information content (AvgIpc) is 2.92. The molecule has 2 heterocycles. The highest BCUT2D eigenvalue weighted by molar-refractivity contribution is 5.77. The molecule has 2 fully saturated rings. The van der Waals surface area contributed by atoms with Crippen LogP contribution in [-0.2, 0) is 4.79 Å². The van der Waals surface area contributed by atoms with Crippen LogP contribution in [0.4, 0.5) is 0 Å². The minimum Gasteiger partial charge on any atom is -0.497 e. The second-order valence-corrected chi connectivity index (χ2v) is 5.75. The zero-order chi connectivity index (χ0) is 13.9. The van der Waals surface area contributed by atoms with Crippen molar-refractivity contribution >= 4 is 5.91 Å². The van der Waals surface area contributed by atoms with Crippen LogP contribution in [0, 0.1) is 5.92 Å². The van der Waals surface area contributed by atoms with Crippen molar-refractivity contribution in [2.75, 3.05) is 26.7 Å². The van der Waals surface area contributed by atoms with Gasteiger partial charge in [-0.2, -0.15) is 0 Å². The fourth-order valence-electron chi connectivity index (χ4n) is 3.09. The van der Waals surface area contributed by atoms with E-state index in [1.54, 1.807) is 7.11 Å². The van der Waals surface area contributed by atoms with Gasteiger partial charge in [0.25, 0.3) is 0 Å². The van der Waals surface area contributed by atoms with Gasteiger partial charge in [0.15, 0.2) is 0 Å². The van der Waals surface area contributed by atoms with E-state index in [0.717, 1.165) is 38.2 Å². The third-order valence-electron chi connectivity index (χ3n) is 4.40. The van der Waals surface area contributed by atoms with Crippen LogP contribution in [0.5, 0.6) is 5.75 Å². The number of rotatable bonds is 4. The Morgan fingerprint density at radius 2 is 2.10 bits per heavy atom. The van der Waals surface area contributed by atoms with Crippen LogP contribution < -0.4 is 10.1 Å². The highest BCUT2D eigenvalue weighted by Crippen LogP contribution is 2.33. The maximum Gasteiger partial charge on any atom is 0.223 e. The summed E-state index contributed by atoms with van der Waals surface area (Å²) in [7, 11) is 1.67. The molecule has 4 nitrogen and oxygen atoms in total. The number of nitrogens with one attached hydrogen (secondary N) is 1. The van der Waals surface area contributed by atoms with Crippen molar-refractivity contribution < 1.29 is 9.53 Å². The molecule has 1 aromatic rings.